The highest BCUT2D eigenvalue weighted by Crippen LogP contribution is 2.15. The molecular weight excluding hydrogens is 218 g/mol. The molecule has 0 aromatic heterocycles. The van der Waals surface area contributed by atoms with Crippen molar-refractivity contribution in [3.63, 3.8) is 0 Å². The van der Waals surface area contributed by atoms with Crippen LogP contribution in [0.5, 0.6) is 0 Å². The van der Waals surface area contributed by atoms with Gasteiger partial charge in [-0.1, -0.05) is 34.1 Å². The van der Waals surface area contributed by atoms with E-state index in [0.29, 0.717) is 13.0 Å². The second kappa shape index (κ2) is 8.09. The third-order valence-corrected chi connectivity index (χ3v) is 2.94. The van der Waals surface area contributed by atoms with Crippen molar-refractivity contribution in [3.05, 3.63) is 0 Å². The Morgan fingerprint density at radius 2 is 1.76 bits per heavy atom. The van der Waals surface area contributed by atoms with Crippen molar-refractivity contribution in [2.45, 2.75) is 59.4 Å². The molecule has 0 fully saturated rings. The molecule has 0 saturated heterocycles. The summed E-state index contributed by atoms with van der Waals surface area (Å²) < 4.78 is 0. The number of amides is 1. The van der Waals surface area contributed by atoms with Crippen LogP contribution in [0, 0.1) is 5.92 Å². The van der Waals surface area contributed by atoms with Gasteiger partial charge >= 0.3 is 5.97 Å². The lowest BCUT2D eigenvalue weighted by atomic mass is 10.0. The highest BCUT2D eigenvalue weighted by atomic mass is 16.4. The van der Waals surface area contributed by atoms with Gasteiger partial charge in [0.1, 0.15) is 6.04 Å². The SMILES string of the molecule is CCCC(C)C(=O)N(CCC)C(CC)C(=O)O. The van der Waals surface area contributed by atoms with Crippen LogP contribution in [0.3, 0.4) is 0 Å². The minimum Gasteiger partial charge on any atom is -0.480 e. The van der Waals surface area contributed by atoms with Crippen molar-refractivity contribution >= 4 is 11.9 Å². The number of carboxylic acids is 1. The second-order valence-corrected chi connectivity index (χ2v) is 4.48. The van der Waals surface area contributed by atoms with Gasteiger partial charge in [-0.3, -0.25) is 4.79 Å². The van der Waals surface area contributed by atoms with Crippen molar-refractivity contribution in [3.8, 4) is 0 Å². The predicted molar refractivity (Wildman–Crippen MR) is 67.8 cm³/mol. The first-order chi connectivity index (χ1) is 7.99. The van der Waals surface area contributed by atoms with Gasteiger partial charge in [0, 0.05) is 12.5 Å². The second-order valence-electron chi connectivity index (χ2n) is 4.48. The van der Waals surface area contributed by atoms with Gasteiger partial charge in [-0.15, -0.1) is 0 Å². The molecule has 0 heterocycles. The Balaban J connectivity index is 4.81. The summed E-state index contributed by atoms with van der Waals surface area (Å²) in [6, 6.07) is -0.679. The number of hydrogen-bond acceptors (Lipinski definition) is 2. The molecule has 0 radical (unpaired) electrons. The Hall–Kier alpha value is -1.06. The molecule has 0 aromatic carbocycles. The molecule has 0 rings (SSSR count). The summed E-state index contributed by atoms with van der Waals surface area (Å²) in [5.74, 6) is -1.01. The fourth-order valence-corrected chi connectivity index (χ4v) is 2.03. The summed E-state index contributed by atoms with van der Waals surface area (Å²) in [5.41, 5.74) is 0. The number of hydrogen-bond donors (Lipinski definition) is 1. The maximum Gasteiger partial charge on any atom is 0.326 e. The number of carboxylic acid groups (broad SMARTS) is 1. The van der Waals surface area contributed by atoms with E-state index < -0.39 is 12.0 Å². The number of carbonyl (C=O) groups excluding carboxylic acids is 1. The van der Waals surface area contributed by atoms with Crippen LogP contribution in [0.15, 0.2) is 0 Å². The third kappa shape index (κ3) is 4.75. The van der Waals surface area contributed by atoms with Crippen LogP contribution in [-0.4, -0.2) is 34.5 Å². The fraction of sp³-hybridized carbons (Fsp3) is 0.846. The molecule has 4 nitrogen and oxygen atoms in total. The molecule has 0 aromatic rings. The van der Waals surface area contributed by atoms with Gasteiger partial charge in [0.25, 0.3) is 0 Å². The summed E-state index contributed by atoms with van der Waals surface area (Å²) >= 11 is 0. The molecule has 1 amide bonds. The molecule has 4 heteroatoms. The average Bonchev–Trinajstić information content (AvgIpc) is 2.27. The molecule has 0 spiro atoms. The summed E-state index contributed by atoms with van der Waals surface area (Å²) in [7, 11) is 0. The predicted octanol–water partition coefficient (Wildman–Crippen LogP) is 2.52. The van der Waals surface area contributed by atoms with Crippen LogP contribution < -0.4 is 0 Å². The monoisotopic (exact) mass is 243 g/mol. The van der Waals surface area contributed by atoms with Crippen LogP contribution in [0.4, 0.5) is 0 Å². The molecule has 100 valence electrons. The Kier molecular flexibility index (Phi) is 7.59. The first kappa shape index (κ1) is 15.9. The number of carbonyl (C=O) groups is 2. The van der Waals surface area contributed by atoms with E-state index in [-0.39, 0.29) is 11.8 Å². The lowest BCUT2D eigenvalue weighted by molar-refractivity contribution is -0.152. The Bertz CT molecular complexity index is 253. The van der Waals surface area contributed by atoms with Gasteiger partial charge in [-0.25, -0.2) is 4.79 Å². The fourth-order valence-electron chi connectivity index (χ4n) is 2.03. The third-order valence-electron chi connectivity index (χ3n) is 2.94. The molecular formula is C13H25NO3. The number of aliphatic carboxylic acids is 1. The van der Waals surface area contributed by atoms with Crippen molar-refractivity contribution in [2.75, 3.05) is 6.54 Å². The molecule has 0 aliphatic carbocycles. The van der Waals surface area contributed by atoms with Gasteiger partial charge in [0.2, 0.25) is 5.91 Å². The van der Waals surface area contributed by atoms with E-state index in [1.165, 1.54) is 4.90 Å². The highest BCUT2D eigenvalue weighted by molar-refractivity contribution is 5.84. The summed E-state index contributed by atoms with van der Waals surface area (Å²) in [5, 5.41) is 9.14. The van der Waals surface area contributed by atoms with E-state index in [1.54, 1.807) is 6.92 Å². The number of rotatable bonds is 8. The zero-order chi connectivity index (χ0) is 13.4. The average molecular weight is 243 g/mol. The maximum absolute atomic E-state index is 12.2. The van der Waals surface area contributed by atoms with E-state index in [4.69, 9.17) is 5.11 Å². The topological polar surface area (TPSA) is 57.6 Å². The molecule has 0 bridgehead atoms. The van der Waals surface area contributed by atoms with Crippen molar-refractivity contribution in [1.82, 2.24) is 4.90 Å². The van der Waals surface area contributed by atoms with Crippen LogP contribution in [0.25, 0.3) is 0 Å². The minimum atomic E-state index is -0.905. The van der Waals surface area contributed by atoms with Gasteiger partial charge in [0.15, 0.2) is 0 Å². The van der Waals surface area contributed by atoms with Crippen LogP contribution >= 0.6 is 0 Å². The van der Waals surface area contributed by atoms with E-state index in [1.807, 2.05) is 20.8 Å². The van der Waals surface area contributed by atoms with Crippen LogP contribution in [0.2, 0.25) is 0 Å². The van der Waals surface area contributed by atoms with Crippen molar-refractivity contribution in [2.24, 2.45) is 5.92 Å². The lowest BCUT2D eigenvalue weighted by Crippen LogP contribution is -2.47. The molecule has 0 aliphatic rings. The highest BCUT2D eigenvalue weighted by Gasteiger charge is 2.29. The summed E-state index contributed by atoms with van der Waals surface area (Å²) in [6.07, 6.45) is 3.00. The zero-order valence-corrected chi connectivity index (χ0v) is 11.4. The van der Waals surface area contributed by atoms with Gasteiger partial charge in [-0.2, -0.15) is 0 Å². The molecule has 2 unspecified atom stereocenters. The quantitative estimate of drug-likeness (QED) is 0.712. The van der Waals surface area contributed by atoms with E-state index in [0.717, 1.165) is 19.3 Å². The van der Waals surface area contributed by atoms with Gasteiger partial charge < -0.3 is 10.0 Å². The normalized spacial score (nSPS) is 14.1. The number of nitrogens with zero attached hydrogens (tertiary/aromatic N) is 1. The van der Waals surface area contributed by atoms with Crippen molar-refractivity contribution in [1.29, 1.82) is 0 Å². The largest absolute Gasteiger partial charge is 0.480 e. The first-order valence-electron chi connectivity index (χ1n) is 6.52. The Morgan fingerprint density at radius 1 is 1.18 bits per heavy atom. The van der Waals surface area contributed by atoms with Crippen LogP contribution in [0.1, 0.15) is 53.4 Å². The smallest absolute Gasteiger partial charge is 0.326 e. The van der Waals surface area contributed by atoms with E-state index in [9.17, 15) is 9.59 Å². The maximum atomic E-state index is 12.2. The van der Waals surface area contributed by atoms with Gasteiger partial charge in [-0.05, 0) is 19.3 Å². The van der Waals surface area contributed by atoms with Gasteiger partial charge in [0.05, 0.1) is 0 Å². The molecule has 0 saturated carbocycles. The zero-order valence-electron chi connectivity index (χ0n) is 11.4. The Labute approximate surface area is 104 Å². The summed E-state index contributed by atoms with van der Waals surface area (Å²) in [4.78, 5) is 24.9. The minimum absolute atomic E-state index is 0.0250. The lowest BCUT2D eigenvalue weighted by Gasteiger charge is -2.30. The van der Waals surface area contributed by atoms with Crippen LogP contribution in [-0.2, 0) is 9.59 Å². The first-order valence-corrected chi connectivity index (χ1v) is 6.52. The van der Waals surface area contributed by atoms with E-state index in [2.05, 4.69) is 0 Å². The Morgan fingerprint density at radius 3 is 2.12 bits per heavy atom. The van der Waals surface area contributed by atoms with E-state index >= 15 is 0 Å². The standard InChI is InChI=1S/C13H25NO3/c1-5-8-10(4)12(15)14(9-6-2)11(7-3)13(16)17/h10-11H,5-9H2,1-4H3,(H,16,17). The molecule has 1 N–H and O–H groups in total. The molecule has 2 atom stereocenters. The molecule has 17 heavy (non-hydrogen) atoms. The molecule has 0 aliphatic heterocycles. The summed E-state index contributed by atoms with van der Waals surface area (Å²) in [6.45, 7) is 8.20. The van der Waals surface area contributed by atoms with Crippen molar-refractivity contribution < 1.29 is 14.7 Å².